The second-order valence-corrected chi connectivity index (χ2v) is 13.7. The highest BCUT2D eigenvalue weighted by Crippen LogP contribution is 2.40. The van der Waals surface area contributed by atoms with Gasteiger partial charge in [-0.15, -0.1) is 11.3 Å². The molecule has 0 aliphatic carbocycles. The highest BCUT2D eigenvalue weighted by Gasteiger charge is 2.13. The highest BCUT2D eigenvalue weighted by atomic mass is 32.1. The van der Waals surface area contributed by atoms with Crippen molar-refractivity contribution in [2.45, 2.75) is 0 Å². The lowest BCUT2D eigenvalue weighted by atomic mass is 9.94. The van der Waals surface area contributed by atoms with Crippen molar-refractivity contribution in [1.29, 1.82) is 0 Å². The summed E-state index contributed by atoms with van der Waals surface area (Å²) in [5.41, 5.74) is 11.6. The van der Waals surface area contributed by atoms with Crippen LogP contribution >= 0.6 is 11.3 Å². The van der Waals surface area contributed by atoms with Crippen molar-refractivity contribution in [3.8, 4) is 44.5 Å². The van der Waals surface area contributed by atoms with E-state index in [4.69, 9.17) is 9.97 Å². The Kier molecular flexibility index (Phi) is 6.39. The molecule has 0 saturated heterocycles. The van der Waals surface area contributed by atoms with Crippen LogP contribution in [0.1, 0.15) is 0 Å². The van der Waals surface area contributed by atoms with Crippen molar-refractivity contribution in [3.63, 3.8) is 0 Å². The van der Waals surface area contributed by atoms with Crippen LogP contribution in [-0.4, -0.2) is 9.97 Å². The van der Waals surface area contributed by atoms with E-state index in [1.54, 1.807) is 12.4 Å². The van der Waals surface area contributed by atoms with Crippen LogP contribution in [0.15, 0.2) is 170 Å². The van der Waals surface area contributed by atoms with Gasteiger partial charge in [0.25, 0.3) is 0 Å². The third-order valence-corrected chi connectivity index (χ3v) is 10.9. The number of nitrogens with zero attached hydrogens (tertiary/aromatic N) is 2. The Morgan fingerprint density at radius 3 is 1.37 bits per heavy atom. The van der Waals surface area contributed by atoms with E-state index in [0.717, 1.165) is 21.8 Å². The monoisotopic (exact) mass is 640 g/mol. The molecule has 0 aliphatic rings. The summed E-state index contributed by atoms with van der Waals surface area (Å²) in [5.74, 6) is 0. The fourth-order valence-corrected chi connectivity index (χ4v) is 8.38. The average Bonchev–Trinajstić information content (AvgIpc) is 3.55. The van der Waals surface area contributed by atoms with E-state index in [0.29, 0.717) is 0 Å². The third-order valence-electron chi connectivity index (χ3n) is 9.77. The summed E-state index contributed by atoms with van der Waals surface area (Å²) >= 11 is 1.86. The molecule has 0 fully saturated rings. The lowest BCUT2D eigenvalue weighted by molar-refractivity contribution is 1.31. The quantitative estimate of drug-likeness (QED) is 0.179. The van der Waals surface area contributed by atoms with Crippen molar-refractivity contribution in [1.82, 2.24) is 9.97 Å². The van der Waals surface area contributed by atoms with Gasteiger partial charge in [-0.3, -0.25) is 9.97 Å². The van der Waals surface area contributed by atoms with Gasteiger partial charge in [-0.2, -0.15) is 0 Å². The number of rotatable bonds is 4. The summed E-state index contributed by atoms with van der Waals surface area (Å²) in [6.45, 7) is 0. The van der Waals surface area contributed by atoms with Crippen LogP contribution in [0.4, 0.5) is 0 Å². The van der Waals surface area contributed by atoms with Gasteiger partial charge in [0.15, 0.2) is 0 Å². The first-order valence-electron chi connectivity index (χ1n) is 16.6. The lowest BCUT2D eigenvalue weighted by Crippen LogP contribution is -1.89. The molecule has 0 aliphatic heterocycles. The molecule has 2 heterocycles. The Morgan fingerprint density at radius 2 is 0.714 bits per heavy atom. The van der Waals surface area contributed by atoms with Crippen LogP contribution in [0, 0.1) is 0 Å². The first-order chi connectivity index (χ1) is 24.3. The van der Waals surface area contributed by atoms with Crippen LogP contribution < -0.4 is 0 Å². The number of benzene rings is 8. The highest BCUT2D eigenvalue weighted by molar-refractivity contribution is 7.25. The minimum absolute atomic E-state index is 0.945. The molecule has 49 heavy (non-hydrogen) atoms. The molecule has 0 saturated carbocycles. The van der Waals surface area contributed by atoms with Gasteiger partial charge in [-0.25, -0.2) is 0 Å². The van der Waals surface area contributed by atoms with E-state index in [9.17, 15) is 0 Å². The van der Waals surface area contributed by atoms with Crippen molar-refractivity contribution >= 4 is 64.1 Å². The maximum atomic E-state index is 4.73. The standard InChI is InChI=1S/C46H28N2S/c1-2-7-29(8-3-1)30-13-15-31(16-14-30)34-18-21-43-41(27-34)42-28-36(19-22-44(42)49-43)33-10-6-9-32(25-33)35-17-20-39-40(26-35)37-11-4-5-12-38(37)45-46(39)48-24-23-47-45/h1-28H. The van der Waals surface area contributed by atoms with E-state index < -0.39 is 0 Å². The van der Waals surface area contributed by atoms with Gasteiger partial charge >= 0.3 is 0 Å². The maximum Gasteiger partial charge on any atom is 0.0971 e. The predicted octanol–water partition coefficient (Wildman–Crippen LogP) is 13.0. The molecule has 0 amide bonds. The van der Waals surface area contributed by atoms with Crippen molar-refractivity contribution in [3.05, 3.63) is 170 Å². The largest absolute Gasteiger partial charge is 0.252 e. The average molecular weight is 641 g/mol. The van der Waals surface area contributed by atoms with Gasteiger partial charge in [0.05, 0.1) is 11.0 Å². The first-order valence-corrected chi connectivity index (χ1v) is 17.4. The minimum atomic E-state index is 0.945. The Balaban J connectivity index is 1.04. The second-order valence-electron chi connectivity index (χ2n) is 12.6. The molecular formula is C46H28N2S. The predicted molar refractivity (Wildman–Crippen MR) is 209 cm³/mol. The smallest absolute Gasteiger partial charge is 0.0971 e. The van der Waals surface area contributed by atoms with E-state index in [1.165, 1.54) is 75.5 Å². The number of hydrogen-bond donors (Lipinski definition) is 0. The Labute approximate surface area is 287 Å². The molecule has 8 aromatic carbocycles. The zero-order valence-corrected chi connectivity index (χ0v) is 27.3. The molecule has 3 heteroatoms. The molecule has 228 valence electrons. The second kappa shape index (κ2) is 11.2. The molecular weight excluding hydrogens is 613 g/mol. The summed E-state index contributed by atoms with van der Waals surface area (Å²) < 4.78 is 2.62. The van der Waals surface area contributed by atoms with Crippen LogP contribution in [0.3, 0.4) is 0 Å². The maximum absolute atomic E-state index is 4.73. The molecule has 0 radical (unpaired) electrons. The van der Waals surface area contributed by atoms with Crippen LogP contribution in [0.5, 0.6) is 0 Å². The number of thiophene rings is 1. The lowest BCUT2D eigenvalue weighted by Gasteiger charge is -2.11. The van der Waals surface area contributed by atoms with Gasteiger partial charge < -0.3 is 0 Å². The molecule has 10 aromatic rings. The summed E-state index contributed by atoms with van der Waals surface area (Å²) in [5, 5.41) is 7.26. The number of hydrogen-bond acceptors (Lipinski definition) is 3. The van der Waals surface area contributed by atoms with E-state index in [-0.39, 0.29) is 0 Å². The molecule has 0 bridgehead atoms. The topological polar surface area (TPSA) is 25.8 Å². The van der Waals surface area contributed by atoms with Crippen molar-refractivity contribution < 1.29 is 0 Å². The van der Waals surface area contributed by atoms with E-state index >= 15 is 0 Å². The zero-order valence-electron chi connectivity index (χ0n) is 26.5. The molecule has 0 N–H and O–H groups in total. The first kappa shape index (κ1) is 27.9. The molecule has 0 unspecified atom stereocenters. The normalized spacial score (nSPS) is 11.7. The molecule has 10 rings (SSSR count). The van der Waals surface area contributed by atoms with E-state index in [2.05, 4.69) is 158 Å². The van der Waals surface area contributed by atoms with Crippen LogP contribution in [0.2, 0.25) is 0 Å². The van der Waals surface area contributed by atoms with Gasteiger partial charge in [0, 0.05) is 43.3 Å². The summed E-state index contributed by atoms with van der Waals surface area (Å²) in [7, 11) is 0. The number of aromatic nitrogens is 2. The fourth-order valence-electron chi connectivity index (χ4n) is 7.31. The van der Waals surface area contributed by atoms with Gasteiger partial charge in [0.2, 0.25) is 0 Å². The fraction of sp³-hybridized carbons (Fsp3) is 0. The van der Waals surface area contributed by atoms with Crippen molar-refractivity contribution in [2.24, 2.45) is 0 Å². The zero-order chi connectivity index (χ0) is 32.3. The Morgan fingerprint density at radius 1 is 0.286 bits per heavy atom. The number of fused-ring (bicyclic) bond motifs is 9. The molecule has 2 aromatic heterocycles. The van der Waals surface area contributed by atoms with E-state index in [1.807, 2.05) is 11.3 Å². The van der Waals surface area contributed by atoms with Crippen molar-refractivity contribution in [2.75, 3.05) is 0 Å². The van der Waals surface area contributed by atoms with Crippen LogP contribution in [0.25, 0.3) is 97.3 Å². The minimum Gasteiger partial charge on any atom is -0.252 e. The van der Waals surface area contributed by atoms with Crippen LogP contribution in [-0.2, 0) is 0 Å². The summed E-state index contributed by atoms with van der Waals surface area (Å²) in [4.78, 5) is 9.43. The van der Waals surface area contributed by atoms with Gasteiger partial charge in [-0.1, -0.05) is 121 Å². The third kappa shape index (κ3) is 4.70. The Bertz CT molecular complexity index is 2830. The molecule has 0 spiro atoms. The van der Waals surface area contributed by atoms with Gasteiger partial charge in [0.1, 0.15) is 0 Å². The molecule has 2 nitrogen and oxygen atoms in total. The summed E-state index contributed by atoms with van der Waals surface area (Å²) in [6, 6.07) is 57.5. The summed E-state index contributed by atoms with van der Waals surface area (Å²) in [6.07, 6.45) is 3.56. The van der Waals surface area contributed by atoms with Gasteiger partial charge in [-0.05, 0) is 91.7 Å². The Hall–Kier alpha value is -6.16. The molecule has 0 atom stereocenters. The SMILES string of the molecule is c1ccc(-c2ccc(-c3ccc4sc5ccc(-c6cccc(-c7ccc8c(c7)c7ccccc7c7nccnc87)c6)cc5c4c3)cc2)cc1.